The van der Waals surface area contributed by atoms with Crippen LogP contribution in [0.15, 0.2) is 0 Å². The van der Waals surface area contributed by atoms with Gasteiger partial charge in [-0.25, -0.2) is 0 Å². The predicted octanol–water partition coefficient (Wildman–Crippen LogP) is 0.828. The summed E-state index contributed by atoms with van der Waals surface area (Å²) in [5.74, 6) is 0.304. The van der Waals surface area contributed by atoms with E-state index in [-0.39, 0.29) is 12.5 Å². The van der Waals surface area contributed by atoms with Crippen molar-refractivity contribution < 1.29 is 19.0 Å². The molecule has 0 aliphatic carbocycles. The highest BCUT2D eigenvalue weighted by molar-refractivity contribution is 5.71. The van der Waals surface area contributed by atoms with Gasteiger partial charge in [-0.05, 0) is 18.9 Å². The van der Waals surface area contributed by atoms with Crippen LogP contribution < -0.4 is 5.32 Å². The molecule has 17 heavy (non-hydrogen) atoms. The van der Waals surface area contributed by atoms with Crippen molar-refractivity contribution in [1.82, 2.24) is 5.32 Å². The summed E-state index contributed by atoms with van der Waals surface area (Å²) in [7, 11) is 1.66. The van der Waals surface area contributed by atoms with Crippen molar-refractivity contribution in [2.75, 3.05) is 46.6 Å². The SMILES string of the molecule is COCCCOCCOC(=O)CNCC(C)C. The number of nitrogens with one attached hydrogen (secondary N) is 1. The molecule has 1 N–H and O–H groups in total. The van der Waals surface area contributed by atoms with Crippen LogP contribution in [0.3, 0.4) is 0 Å². The molecule has 102 valence electrons. The average Bonchev–Trinajstić information content (AvgIpc) is 2.27. The van der Waals surface area contributed by atoms with Crippen LogP contribution in [-0.2, 0) is 19.0 Å². The van der Waals surface area contributed by atoms with Crippen LogP contribution in [0.2, 0.25) is 0 Å². The maximum Gasteiger partial charge on any atom is 0.320 e. The van der Waals surface area contributed by atoms with Gasteiger partial charge in [0.05, 0.1) is 13.2 Å². The fourth-order valence-corrected chi connectivity index (χ4v) is 1.14. The lowest BCUT2D eigenvalue weighted by atomic mass is 10.2. The second-order valence-electron chi connectivity index (χ2n) is 4.20. The normalized spacial score (nSPS) is 10.8. The molecule has 0 aromatic heterocycles. The van der Waals surface area contributed by atoms with Crippen LogP contribution in [0.4, 0.5) is 0 Å². The van der Waals surface area contributed by atoms with Crippen LogP contribution in [0.25, 0.3) is 0 Å². The highest BCUT2D eigenvalue weighted by Crippen LogP contribution is 1.87. The van der Waals surface area contributed by atoms with Gasteiger partial charge in [0.1, 0.15) is 6.61 Å². The van der Waals surface area contributed by atoms with E-state index in [0.717, 1.165) is 13.0 Å². The van der Waals surface area contributed by atoms with Crippen molar-refractivity contribution in [3.63, 3.8) is 0 Å². The lowest BCUT2D eigenvalue weighted by Crippen LogP contribution is -2.28. The lowest BCUT2D eigenvalue weighted by Gasteiger charge is -2.08. The zero-order valence-electron chi connectivity index (χ0n) is 11.2. The maximum absolute atomic E-state index is 11.2. The molecule has 0 spiro atoms. The first-order valence-corrected chi connectivity index (χ1v) is 6.09. The van der Waals surface area contributed by atoms with Gasteiger partial charge in [-0.1, -0.05) is 13.8 Å². The second-order valence-corrected chi connectivity index (χ2v) is 4.20. The Balaban J connectivity index is 3.16. The number of carbonyl (C=O) groups excluding carboxylic acids is 1. The quantitative estimate of drug-likeness (QED) is 0.433. The molecule has 0 fully saturated rings. The highest BCUT2D eigenvalue weighted by Gasteiger charge is 2.02. The molecule has 0 aliphatic heterocycles. The van der Waals surface area contributed by atoms with Crippen LogP contribution in [0.5, 0.6) is 0 Å². The Morgan fingerprint density at radius 3 is 2.59 bits per heavy atom. The van der Waals surface area contributed by atoms with Gasteiger partial charge in [0.15, 0.2) is 0 Å². The summed E-state index contributed by atoms with van der Waals surface area (Å²) in [5, 5.41) is 3.02. The van der Waals surface area contributed by atoms with Gasteiger partial charge < -0.3 is 19.5 Å². The number of carbonyl (C=O) groups is 1. The summed E-state index contributed by atoms with van der Waals surface area (Å²) in [4.78, 5) is 11.2. The molecule has 0 rings (SSSR count). The molecule has 0 aliphatic rings. The van der Waals surface area contributed by atoms with E-state index < -0.39 is 0 Å². The largest absolute Gasteiger partial charge is 0.462 e. The number of esters is 1. The topological polar surface area (TPSA) is 56.8 Å². The molecule has 0 aromatic rings. The van der Waals surface area contributed by atoms with Gasteiger partial charge in [0.25, 0.3) is 0 Å². The summed E-state index contributed by atoms with van der Waals surface area (Å²) >= 11 is 0. The van der Waals surface area contributed by atoms with E-state index in [4.69, 9.17) is 14.2 Å². The first-order valence-electron chi connectivity index (χ1n) is 6.09. The van der Waals surface area contributed by atoms with E-state index in [1.807, 2.05) is 0 Å². The molecule has 0 amide bonds. The number of hydrogen-bond donors (Lipinski definition) is 1. The zero-order valence-corrected chi connectivity index (χ0v) is 11.2. The molecule has 0 atom stereocenters. The Labute approximate surface area is 104 Å². The van der Waals surface area contributed by atoms with E-state index in [0.29, 0.717) is 32.3 Å². The van der Waals surface area contributed by atoms with Crippen molar-refractivity contribution in [1.29, 1.82) is 0 Å². The summed E-state index contributed by atoms with van der Waals surface area (Å²) < 4.78 is 15.1. The molecule has 0 saturated heterocycles. The summed E-state index contributed by atoms with van der Waals surface area (Å²) in [6.45, 7) is 7.35. The average molecular weight is 247 g/mol. The second kappa shape index (κ2) is 11.8. The number of ether oxygens (including phenoxy) is 3. The van der Waals surface area contributed by atoms with Crippen LogP contribution >= 0.6 is 0 Å². The van der Waals surface area contributed by atoms with E-state index >= 15 is 0 Å². The minimum atomic E-state index is -0.230. The molecule has 5 heteroatoms. The van der Waals surface area contributed by atoms with Crippen molar-refractivity contribution >= 4 is 5.97 Å². The van der Waals surface area contributed by atoms with Gasteiger partial charge in [0, 0.05) is 20.3 Å². The smallest absolute Gasteiger partial charge is 0.320 e. The van der Waals surface area contributed by atoms with E-state index in [9.17, 15) is 4.79 Å². The molecule has 0 saturated carbocycles. The summed E-state index contributed by atoms with van der Waals surface area (Å²) in [6.07, 6.45) is 0.861. The number of rotatable bonds is 11. The maximum atomic E-state index is 11.2. The van der Waals surface area contributed by atoms with Crippen LogP contribution in [0.1, 0.15) is 20.3 Å². The summed E-state index contributed by atoms with van der Waals surface area (Å²) in [6, 6.07) is 0. The molecular formula is C12H25NO4. The third-order valence-corrected chi connectivity index (χ3v) is 1.95. The van der Waals surface area contributed by atoms with Crippen molar-refractivity contribution in [2.24, 2.45) is 5.92 Å². The van der Waals surface area contributed by atoms with Crippen molar-refractivity contribution in [3.05, 3.63) is 0 Å². The Bertz CT molecular complexity index is 185. The van der Waals surface area contributed by atoms with Crippen LogP contribution in [0, 0.1) is 5.92 Å². The van der Waals surface area contributed by atoms with Gasteiger partial charge in [-0.15, -0.1) is 0 Å². The van der Waals surface area contributed by atoms with Gasteiger partial charge in [0.2, 0.25) is 0 Å². The van der Waals surface area contributed by atoms with Crippen molar-refractivity contribution in [2.45, 2.75) is 20.3 Å². The molecule has 0 heterocycles. The van der Waals surface area contributed by atoms with Crippen molar-refractivity contribution in [3.8, 4) is 0 Å². The number of hydrogen-bond acceptors (Lipinski definition) is 5. The van der Waals surface area contributed by atoms with E-state index in [2.05, 4.69) is 19.2 Å². The third-order valence-electron chi connectivity index (χ3n) is 1.95. The zero-order chi connectivity index (χ0) is 12.9. The first-order chi connectivity index (χ1) is 8.16. The van der Waals surface area contributed by atoms with Gasteiger partial charge in [-0.3, -0.25) is 4.79 Å². The highest BCUT2D eigenvalue weighted by atomic mass is 16.6. The molecule has 0 aromatic carbocycles. The minimum Gasteiger partial charge on any atom is -0.462 e. The molecule has 0 bridgehead atoms. The lowest BCUT2D eigenvalue weighted by molar-refractivity contribution is -0.144. The van der Waals surface area contributed by atoms with Crippen LogP contribution in [-0.4, -0.2) is 52.6 Å². The first kappa shape index (κ1) is 16.4. The predicted molar refractivity (Wildman–Crippen MR) is 66.0 cm³/mol. The molecular weight excluding hydrogens is 222 g/mol. The van der Waals surface area contributed by atoms with E-state index in [1.165, 1.54) is 0 Å². The molecule has 0 unspecified atom stereocenters. The minimum absolute atomic E-state index is 0.230. The molecule has 5 nitrogen and oxygen atoms in total. The fraction of sp³-hybridized carbons (Fsp3) is 0.917. The monoisotopic (exact) mass is 247 g/mol. The Hall–Kier alpha value is -0.650. The Morgan fingerprint density at radius 1 is 1.18 bits per heavy atom. The standard InChI is InChI=1S/C12H25NO4/c1-11(2)9-13-10-12(14)17-8-7-16-6-4-5-15-3/h11,13H,4-10H2,1-3H3. The fourth-order valence-electron chi connectivity index (χ4n) is 1.14. The number of methoxy groups -OCH3 is 1. The van der Waals surface area contributed by atoms with Gasteiger partial charge >= 0.3 is 5.97 Å². The van der Waals surface area contributed by atoms with E-state index in [1.54, 1.807) is 7.11 Å². The Kier molecular flexibility index (Phi) is 11.4. The van der Waals surface area contributed by atoms with Gasteiger partial charge in [-0.2, -0.15) is 0 Å². The Morgan fingerprint density at radius 2 is 1.94 bits per heavy atom. The molecule has 0 radical (unpaired) electrons. The summed E-state index contributed by atoms with van der Waals surface area (Å²) in [5.41, 5.74) is 0. The third kappa shape index (κ3) is 13.3.